The molecule has 0 atom stereocenters. The van der Waals surface area contributed by atoms with Crippen molar-refractivity contribution in [2.45, 2.75) is 18.4 Å². The zero-order valence-corrected chi connectivity index (χ0v) is 18.8. The maximum Gasteiger partial charge on any atom is 0.335 e. The van der Waals surface area contributed by atoms with Gasteiger partial charge in [-0.2, -0.15) is 0 Å². The molecule has 1 aliphatic carbocycles. The summed E-state index contributed by atoms with van der Waals surface area (Å²) in [7, 11) is 0. The number of rotatable bonds is 4. The van der Waals surface area contributed by atoms with Crippen molar-refractivity contribution in [3.63, 3.8) is 0 Å². The smallest absolute Gasteiger partial charge is 0.335 e. The molecule has 2 N–H and O–H groups in total. The number of carboxylic acid groups (broad SMARTS) is 1. The van der Waals surface area contributed by atoms with E-state index >= 15 is 0 Å². The van der Waals surface area contributed by atoms with Crippen LogP contribution in [0.15, 0.2) is 59.4 Å². The molecule has 0 spiro atoms. The summed E-state index contributed by atoms with van der Waals surface area (Å²) in [5.74, 6) is -1.77. The lowest BCUT2D eigenvalue weighted by molar-refractivity contribution is -0.118. The van der Waals surface area contributed by atoms with Crippen LogP contribution < -0.4 is 15.7 Å². The first-order chi connectivity index (χ1) is 16.8. The standard InChI is InChI=1S/C25H17ClFN3O5/c26-15-1-4-19-20(10-15)29(17-2-3-18-21(11-17)35-12-22(31)28-18)24(34)30(19)25(5-6-25)14-7-13(23(32)33)8-16(27)9-14/h1-4,7-11H,5-6,12H2,(H,28,31)(H,32,33). The number of hydrogen-bond acceptors (Lipinski definition) is 4. The van der Waals surface area contributed by atoms with Crippen molar-refractivity contribution >= 4 is 40.2 Å². The van der Waals surface area contributed by atoms with Crippen LogP contribution in [-0.4, -0.2) is 32.7 Å². The zero-order valence-electron chi connectivity index (χ0n) is 18.0. The Labute approximate surface area is 202 Å². The van der Waals surface area contributed by atoms with E-state index in [1.165, 1.54) is 16.7 Å². The molecule has 3 aromatic carbocycles. The molecule has 1 fully saturated rings. The lowest BCUT2D eigenvalue weighted by atomic mass is 10.0. The fourth-order valence-corrected chi connectivity index (χ4v) is 4.94. The van der Waals surface area contributed by atoms with Crippen LogP contribution in [0, 0.1) is 5.82 Å². The van der Waals surface area contributed by atoms with Gasteiger partial charge in [0.1, 0.15) is 11.6 Å². The van der Waals surface area contributed by atoms with Crippen LogP contribution >= 0.6 is 11.6 Å². The molecule has 2 heterocycles. The van der Waals surface area contributed by atoms with Crippen molar-refractivity contribution in [1.82, 2.24) is 9.13 Å². The Hall–Kier alpha value is -4.11. The van der Waals surface area contributed by atoms with Crippen LogP contribution in [0.5, 0.6) is 5.75 Å². The number of benzene rings is 3. The molecule has 0 unspecified atom stereocenters. The maximum atomic E-state index is 14.4. The Kier molecular flexibility index (Phi) is 4.56. The summed E-state index contributed by atoms with van der Waals surface area (Å²) in [6.45, 7) is -0.131. The summed E-state index contributed by atoms with van der Waals surface area (Å²) in [4.78, 5) is 37.1. The number of aromatic carboxylic acids is 1. The second kappa shape index (κ2) is 7.44. The summed E-state index contributed by atoms with van der Waals surface area (Å²) in [5, 5.41) is 12.6. The monoisotopic (exact) mass is 493 g/mol. The first-order valence-electron chi connectivity index (χ1n) is 10.8. The lowest BCUT2D eigenvalue weighted by Crippen LogP contribution is -2.32. The molecule has 1 amide bonds. The van der Waals surface area contributed by atoms with E-state index in [4.69, 9.17) is 16.3 Å². The Morgan fingerprint density at radius 1 is 1.06 bits per heavy atom. The van der Waals surface area contributed by atoms with Crippen LogP contribution in [0.3, 0.4) is 0 Å². The predicted octanol–water partition coefficient (Wildman–Crippen LogP) is 4.15. The number of halogens is 2. The zero-order chi connectivity index (χ0) is 24.5. The van der Waals surface area contributed by atoms with E-state index in [-0.39, 0.29) is 23.8 Å². The van der Waals surface area contributed by atoms with Gasteiger partial charge in [0.25, 0.3) is 5.91 Å². The van der Waals surface area contributed by atoms with Gasteiger partial charge in [-0.05, 0) is 66.9 Å². The molecule has 8 nitrogen and oxygen atoms in total. The molecule has 0 radical (unpaired) electrons. The minimum Gasteiger partial charge on any atom is -0.482 e. The normalized spacial score (nSPS) is 15.9. The first kappa shape index (κ1) is 21.4. The van der Waals surface area contributed by atoms with Crippen molar-refractivity contribution < 1.29 is 23.8 Å². The maximum absolute atomic E-state index is 14.4. The third-order valence-corrected chi connectivity index (χ3v) is 6.73. The highest BCUT2D eigenvalue weighted by molar-refractivity contribution is 6.31. The van der Waals surface area contributed by atoms with Crippen LogP contribution in [0.4, 0.5) is 10.1 Å². The van der Waals surface area contributed by atoms with E-state index in [1.807, 2.05) is 0 Å². The number of amides is 1. The molecule has 2 aliphatic rings. The molecule has 0 bridgehead atoms. The van der Waals surface area contributed by atoms with Crippen molar-refractivity contribution in [3.05, 3.63) is 87.0 Å². The van der Waals surface area contributed by atoms with E-state index in [2.05, 4.69) is 5.32 Å². The summed E-state index contributed by atoms with van der Waals surface area (Å²) < 4.78 is 23.0. The molecule has 6 rings (SSSR count). The number of carbonyl (C=O) groups is 2. The Morgan fingerprint density at radius 3 is 2.60 bits per heavy atom. The van der Waals surface area contributed by atoms with Crippen LogP contribution in [0.2, 0.25) is 5.02 Å². The highest BCUT2D eigenvalue weighted by atomic mass is 35.5. The van der Waals surface area contributed by atoms with Crippen molar-refractivity contribution in [2.75, 3.05) is 11.9 Å². The topological polar surface area (TPSA) is 103 Å². The second-order valence-corrected chi connectivity index (χ2v) is 9.11. The second-order valence-electron chi connectivity index (χ2n) is 8.67. The fourth-order valence-electron chi connectivity index (χ4n) is 4.78. The number of imidazole rings is 1. The van der Waals surface area contributed by atoms with E-state index in [0.717, 1.165) is 6.07 Å². The number of hydrogen-bond donors (Lipinski definition) is 2. The van der Waals surface area contributed by atoms with Gasteiger partial charge in [0.15, 0.2) is 6.61 Å². The summed E-state index contributed by atoms with van der Waals surface area (Å²) in [6.07, 6.45) is 1.08. The number of nitrogens with zero attached hydrogens (tertiary/aromatic N) is 2. The van der Waals surface area contributed by atoms with Crippen molar-refractivity contribution in [2.24, 2.45) is 0 Å². The van der Waals surface area contributed by atoms with Crippen molar-refractivity contribution in [1.29, 1.82) is 0 Å². The van der Waals surface area contributed by atoms with Gasteiger partial charge in [0, 0.05) is 11.1 Å². The Balaban J connectivity index is 1.59. The average Bonchev–Trinajstić information content (AvgIpc) is 3.56. The number of anilines is 1. The van der Waals surface area contributed by atoms with Crippen LogP contribution in [-0.2, 0) is 10.3 Å². The van der Waals surface area contributed by atoms with Gasteiger partial charge in [-0.1, -0.05) is 11.6 Å². The van der Waals surface area contributed by atoms with E-state index in [9.17, 15) is 23.9 Å². The lowest BCUT2D eigenvalue weighted by Gasteiger charge is -2.19. The number of carbonyl (C=O) groups excluding carboxylic acids is 1. The molecular formula is C25H17ClFN3O5. The Morgan fingerprint density at radius 2 is 1.86 bits per heavy atom. The van der Waals surface area contributed by atoms with Gasteiger partial charge in [-0.15, -0.1) is 0 Å². The third kappa shape index (κ3) is 3.30. The molecular weight excluding hydrogens is 477 g/mol. The minimum atomic E-state index is -1.25. The fraction of sp³-hybridized carbons (Fsp3) is 0.160. The third-order valence-electron chi connectivity index (χ3n) is 6.49. The van der Waals surface area contributed by atoms with Gasteiger partial charge in [-0.3, -0.25) is 13.9 Å². The van der Waals surface area contributed by atoms with Crippen LogP contribution in [0.25, 0.3) is 16.7 Å². The predicted molar refractivity (Wildman–Crippen MR) is 126 cm³/mol. The quantitative estimate of drug-likeness (QED) is 0.444. The highest BCUT2D eigenvalue weighted by Crippen LogP contribution is 2.50. The number of nitrogens with one attached hydrogen (secondary N) is 1. The Bertz CT molecular complexity index is 1640. The van der Waals surface area contributed by atoms with Gasteiger partial charge in [0.2, 0.25) is 0 Å². The summed E-state index contributed by atoms with van der Waals surface area (Å²) in [6, 6.07) is 13.7. The van der Waals surface area contributed by atoms with Gasteiger partial charge in [0.05, 0.1) is 33.5 Å². The van der Waals surface area contributed by atoms with Gasteiger partial charge >= 0.3 is 11.7 Å². The van der Waals surface area contributed by atoms with E-state index < -0.39 is 17.3 Å². The van der Waals surface area contributed by atoms with Crippen molar-refractivity contribution in [3.8, 4) is 11.4 Å². The van der Waals surface area contributed by atoms with Gasteiger partial charge in [-0.25, -0.2) is 14.0 Å². The molecule has 1 aromatic heterocycles. The van der Waals surface area contributed by atoms with Gasteiger partial charge < -0.3 is 15.2 Å². The molecule has 10 heteroatoms. The molecule has 35 heavy (non-hydrogen) atoms. The largest absolute Gasteiger partial charge is 0.482 e. The number of fused-ring (bicyclic) bond motifs is 2. The van der Waals surface area contributed by atoms with E-state index in [1.54, 1.807) is 41.0 Å². The average molecular weight is 494 g/mol. The SMILES string of the molecule is O=C1COc2cc(-n3c(=O)n(C4(c5cc(F)cc(C(=O)O)c5)CC4)c4ccc(Cl)cc43)ccc2N1. The molecule has 1 saturated carbocycles. The molecule has 0 saturated heterocycles. The molecule has 176 valence electrons. The van der Waals surface area contributed by atoms with Crippen LogP contribution in [0.1, 0.15) is 28.8 Å². The minimum absolute atomic E-state index is 0.131. The number of carboxylic acids is 1. The summed E-state index contributed by atoms with van der Waals surface area (Å²) in [5.41, 5.74) is 1.06. The highest BCUT2D eigenvalue weighted by Gasteiger charge is 2.49. The van der Waals surface area contributed by atoms with E-state index in [0.29, 0.717) is 51.6 Å². The first-order valence-corrected chi connectivity index (χ1v) is 11.2. The molecule has 1 aliphatic heterocycles. The number of aromatic nitrogens is 2. The number of ether oxygens (including phenoxy) is 1. The molecule has 4 aromatic rings. The summed E-state index contributed by atoms with van der Waals surface area (Å²) >= 11 is 6.28.